The highest BCUT2D eigenvalue weighted by Crippen LogP contribution is 2.18. The lowest BCUT2D eigenvalue weighted by Crippen LogP contribution is -2.50. The van der Waals surface area contributed by atoms with Crippen molar-refractivity contribution in [2.45, 2.75) is 44.2 Å². The highest BCUT2D eigenvalue weighted by atomic mass is 32.2. The van der Waals surface area contributed by atoms with Gasteiger partial charge >= 0.3 is 0 Å². The first-order valence-corrected chi connectivity index (χ1v) is 9.85. The summed E-state index contributed by atoms with van der Waals surface area (Å²) in [6, 6.07) is 8.94. The molecule has 0 spiro atoms. The zero-order chi connectivity index (χ0) is 17.2. The van der Waals surface area contributed by atoms with Gasteiger partial charge < -0.3 is 15.4 Å². The number of ether oxygens (including phenoxy) is 1. The highest BCUT2D eigenvalue weighted by Gasteiger charge is 2.24. The summed E-state index contributed by atoms with van der Waals surface area (Å²) in [6.07, 6.45) is 7.01. The van der Waals surface area contributed by atoms with Gasteiger partial charge in [0, 0.05) is 6.04 Å². The van der Waals surface area contributed by atoms with E-state index in [1.54, 1.807) is 23.9 Å². The van der Waals surface area contributed by atoms with Gasteiger partial charge in [-0.3, -0.25) is 9.59 Å². The third kappa shape index (κ3) is 6.43. The molecule has 0 saturated heterocycles. The van der Waals surface area contributed by atoms with Crippen LogP contribution in [0.2, 0.25) is 0 Å². The summed E-state index contributed by atoms with van der Waals surface area (Å²) < 4.78 is 5.44. The Labute approximate surface area is 147 Å². The molecule has 1 aliphatic carbocycles. The van der Waals surface area contributed by atoms with E-state index < -0.39 is 6.04 Å². The first kappa shape index (κ1) is 18.6. The summed E-state index contributed by atoms with van der Waals surface area (Å²) in [4.78, 5) is 24.5. The first-order chi connectivity index (χ1) is 11.7. The Balaban J connectivity index is 1.82. The average molecular weight is 350 g/mol. The molecule has 0 aromatic heterocycles. The van der Waals surface area contributed by atoms with E-state index in [4.69, 9.17) is 4.74 Å². The molecule has 6 heteroatoms. The number of carbonyl (C=O) groups excluding carboxylic acids is 2. The minimum atomic E-state index is -0.495. The predicted octanol–water partition coefficient (Wildman–Crippen LogP) is 2.36. The van der Waals surface area contributed by atoms with E-state index in [0.717, 1.165) is 31.4 Å². The van der Waals surface area contributed by atoms with Crippen LogP contribution in [0, 0.1) is 0 Å². The Morgan fingerprint density at radius 3 is 2.62 bits per heavy atom. The molecular formula is C18H26N2O3S. The van der Waals surface area contributed by atoms with Gasteiger partial charge in [-0.05, 0) is 43.4 Å². The van der Waals surface area contributed by atoms with Crippen molar-refractivity contribution < 1.29 is 14.3 Å². The standard InChI is InChI=1S/C18H26N2O3S/c1-24-12-11-16(18(22)19-14-7-5-6-8-14)20-17(21)13-23-15-9-3-2-4-10-15/h2-4,9-10,14,16H,5-8,11-13H2,1H3,(H,19,22)(H,20,21)/t16-/m0/s1. The van der Waals surface area contributed by atoms with Gasteiger partial charge in [0.05, 0.1) is 0 Å². The lowest BCUT2D eigenvalue weighted by molar-refractivity contribution is -0.130. The lowest BCUT2D eigenvalue weighted by atomic mass is 10.1. The maximum absolute atomic E-state index is 12.4. The van der Waals surface area contributed by atoms with Gasteiger partial charge in [-0.25, -0.2) is 0 Å². The number of amides is 2. The van der Waals surface area contributed by atoms with Crippen LogP contribution >= 0.6 is 11.8 Å². The fraction of sp³-hybridized carbons (Fsp3) is 0.556. The second-order valence-electron chi connectivity index (χ2n) is 5.99. The number of benzene rings is 1. The van der Waals surface area contributed by atoms with E-state index in [-0.39, 0.29) is 24.5 Å². The Morgan fingerprint density at radius 2 is 1.96 bits per heavy atom. The van der Waals surface area contributed by atoms with Crippen LogP contribution in [0.3, 0.4) is 0 Å². The number of carbonyl (C=O) groups is 2. The fourth-order valence-electron chi connectivity index (χ4n) is 2.78. The molecule has 1 aromatic rings. The molecule has 24 heavy (non-hydrogen) atoms. The van der Waals surface area contributed by atoms with Crippen LogP contribution < -0.4 is 15.4 Å². The van der Waals surface area contributed by atoms with Crippen LogP contribution in [0.4, 0.5) is 0 Å². The van der Waals surface area contributed by atoms with Crippen LogP contribution in [0.5, 0.6) is 5.75 Å². The van der Waals surface area contributed by atoms with E-state index >= 15 is 0 Å². The van der Waals surface area contributed by atoms with Crippen molar-refractivity contribution in [3.8, 4) is 5.75 Å². The SMILES string of the molecule is CSCC[C@H](NC(=O)COc1ccccc1)C(=O)NC1CCCC1. The zero-order valence-electron chi connectivity index (χ0n) is 14.1. The molecule has 0 aliphatic heterocycles. The maximum Gasteiger partial charge on any atom is 0.258 e. The molecule has 2 N–H and O–H groups in total. The van der Waals surface area contributed by atoms with Gasteiger partial charge in [-0.2, -0.15) is 11.8 Å². The minimum Gasteiger partial charge on any atom is -0.484 e. The van der Waals surface area contributed by atoms with Crippen molar-refractivity contribution in [3.63, 3.8) is 0 Å². The third-order valence-electron chi connectivity index (χ3n) is 4.08. The highest BCUT2D eigenvalue weighted by molar-refractivity contribution is 7.98. The van der Waals surface area contributed by atoms with Crippen LogP contribution in [0.25, 0.3) is 0 Å². The van der Waals surface area contributed by atoms with Gasteiger partial charge in [0.25, 0.3) is 5.91 Å². The smallest absolute Gasteiger partial charge is 0.258 e. The molecule has 1 aromatic carbocycles. The summed E-state index contributed by atoms with van der Waals surface area (Å²) in [6.45, 7) is -0.0868. The van der Waals surface area contributed by atoms with Gasteiger partial charge in [0.1, 0.15) is 11.8 Å². The molecular weight excluding hydrogens is 324 g/mol. The summed E-state index contributed by atoms with van der Waals surface area (Å²) in [5.41, 5.74) is 0. The van der Waals surface area contributed by atoms with Crippen molar-refractivity contribution >= 4 is 23.6 Å². The summed E-state index contributed by atoms with van der Waals surface area (Å²) in [5, 5.41) is 5.87. The molecule has 1 fully saturated rings. The topological polar surface area (TPSA) is 67.4 Å². The third-order valence-corrected chi connectivity index (χ3v) is 4.72. The van der Waals surface area contributed by atoms with Crippen LogP contribution in [-0.2, 0) is 9.59 Å². The van der Waals surface area contributed by atoms with E-state index in [0.29, 0.717) is 12.2 Å². The normalized spacial score (nSPS) is 15.7. The van der Waals surface area contributed by atoms with Crippen LogP contribution in [0.1, 0.15) is 32.1 Å². The number of thioether (sulfide) groups is 1. The zero-order valence-corrected chi connectivity index (χ0v) is 14.9. The molecule has 0 heterocycles. The molecule has 1 saturated carbocycles. The van der Waals surface area contributed by atoms with Crippen LogP contribution in [0.15, 0.2) is 30.3 Å². The van der Waals surface area contributed by atoms with E-state index in [1.807, 2.05) is 24.5 Å². The molecule has 2 rings (SSSR count). The maximum atomic E-state index is 12.4. The Hall–Kier alpha value is -1.69. The average Bonchev–Trinajstić information content (AvgIpc) is 3.10. The lowest BCUT2D eigenvalue weighted by Gasteiger charge is -2.21. The van der Waals surface area contributed by atoms with Gasteiger partial charge in [-0.15, -0.1) is 0 Å². The Bertz CT molecular complexity index is 518. The molecule has 0 unspecified atom stereocenters. The van der Waals surface area contributed by atoms with E-state index in [2.05, 4.69) is 10.6 Å². The molecule has 1 atom stereocenters. The largest absolute Gasteiger partial charge is 0.484 e. The molecule has 1 aliphatic rings. The van der Waals surface area contributed by atoms with Crippen molar-refractivity contribution in [2.75, 3.05) is 18.6 Å². The molecule has 2 amide bonds. The number of para-hydroxylation sites is 1. The predicted molar refractivity (Wildman–Crippen MR) is 97.3 cm³/mol. The molecule has 132 valence electrons. The summed E-state index contributed by atoms with van der Waals surface area (Å²) in [7, 11) is 0. The number of nitrogens with one attached hydrogen (secondary N) is 2. The Morgan fingerprint density at radius 1 is 1.25 bits per heavy atom. The minimum absolute atomic E-state index is 0.0796. The molecule has 0 bridgehead atoms. The molecule has 5 nitrogen and oxygen atoms in total. The fourth-order valence-corrected chi connectivity index (χ4v) is 3.25. The quantitative estimate of drug-likeness (QED) is 0.717. The summed E-state index contributed by atoms with van der Waals surface area (Å²) in [5.74, 6) is 1.11. The summed E-state index contributed by atoms with van der Waals surface area (Å²) >= 11 is 1.66. The Kier molecular flexibility index (Phi) is 7.95. The second-order valence-corrected chi connectivity index (χ2v) is 6.98. The van der Waals surface area contributed by atoms with Gasteiger partial charge in [0.2, 0.25) is 5.91 Å². The second kappa shape index (κ2) is 10.2. The van der Waals surface area contributed by atoms with Gasteiger partial charge in [0.15, 0.2) is 6.61 Å². The van der Waals surface area contributed by atoms with E-state index in [1.165, 1.54) is 0 Å². The van der Waals surface area contributed by atoms with Crippen molar-refractivity contribution in [2.24, 2.45) is 0 Å². The van der Waals surface area contributed by atoms with E-state index in [9.17, 15) is 9.59 Å². The monoisotopic (exact) mass is 350 g/mol. The molecule has 0 radical (unpaired) electrons. The number of hydrogen-bond donors (Lipinski definition) is 2. The van der Waals surface area contributed by atoms with Crippen molar-refractivity contribution in [1.29, 1.82) is 0 Å². The number of hydrogen-bond acceptors (Lipinski definition) is 4. The van der Waals surface area contributed by atoms with Crippen molar-refractivity contribution in [1.82, 2.24) is 10.6 Å². The van der Waals surface area contributed by atoms with Crippen molar-refractivity contribution in [3.05, 3.63) is 30.3 Å². The van der Waals surface area contributed by atoms with Gasteiger partial charge in [-0.1, -0.05) is 31.0 Å². The number of rotatable bonds is 9. The van der Waals surface area contributed by atoms with Crippen LogP contribution in [-0.4, -0.2) is 42.5 Å². The first-order valence-electron chi connectivity index (χ1n) is 8.45.